The Kier molecular flexibility index (Phi) is 3.56. The van der Waals surface area contributed by atoms with E-state index in [0.29, 0.717) is 12.6 Å². The van der Waals surface area contributed by atoms with Crippen LogP contribution in [-0.4, -0.2) is 43.6 Å². The van der Waals surface area contributed by atoms with E-state index in [-0.39, 0.29) is 11.3 Å². The number of hydrogen-bond donors (Lipinski definition) is 1. The molecule has 0 aromatic rings. The minimum absolute atomic E-state index is 0.258. The second-order valence-electron chi connectivity index (χ2n) is 5.14. The average Bonchev–Trinajstić information content (AvgIpc) is 2.94. The molecule has 2 aliphatic rings. The topological polar surface area (TPSA) is 49.4 Å². The maximum Gasteiger partial charge on any atom is 0.217 e. The summed E-state index contributed by atoms with van der Waals surface area (Å²) in [5.41, 5.74) is 0. The number of nitrogens with zero attached hydrogens (tertiary/aromatic N) is 1. The highest BCUT2D eigenvalue weighted by molar-refractivity contribution is 7.89. The fourth-order valence-electron chi connectivity index (χ4n) is 1.97. The van der Waals surface area contributed by atoms with Gasteiger partial charge in [0.05, 0.1) is 5.25 Å². The van der Waals surface area contributed by atoms with Crippen LogP contribution in [0.1, 0.15) is 39.0 Å². The first kappa shape index (κ1) is 12.3. The van der Waals surface area contributed by atoms with Gasteiger partial charge in [0.25, 0.3) is 0 Å². The molecule has 2 rings (SSSR count). The van der Waals surface area contributed by atoms with Crippen LogP contribution in [0.5, 0.6) is 0 Å². The predicted molar refractivity (Wildman–Crippen MR) is 64.8 cm³/mol. The number of sulfonamides is 1. The summed E-state index contributed by atoms with van der Waals surface area (Å²) >= 11 is 0. The van der Waals surface area contributed by atoms with Crippen molar-refractivity contribution in [1.29, 1.82) is 0 Å². The third-order valence-corrected chi connectivity index (χ3v) is 6.05. The van der Waals surface area contributed by atoms with Crippen LogP contribution in [0.3, 0.4) is 0 Å². The zero-order valence-electron chi connectivity index (χ0n) is 10.1. The lowest BCUT2D eigenvalue weighted by Crippen LogP contribution is -2.47. The fourth-order valence-corrected chi connectivity index (χ4v) is 3.47. The summed E-state index contributed by atoms with van der Waals surface area (Å²) in [6, 6.07) is 0.833. The summed E-state index contributed by atoms with van der Waals surface area (Å²) < 4.78 is 26.0. The molecule has 0 radical (unpaired) electrons. The van der Waals surface area contributed by atoms with Crippen molar-refractivity contribution in [3.63, 3.8) is 0 Å². The molecule has 1 atom stereocenters. The monoisotopic (exact) mass is 246 g/mol. The van der Waals surface area contributed by atoms with Crippen LogP contribution in [0.2, 0.25) is 0 Å². The van der Waals surface area contributed by atoms with E-state index in [0.717, 1.165) is 12.8 Å². The lowest BCUT2D eigenvalue weighted by atomic mass is 9.94. The normalized spacial score (nSPS) is 24.4. The highest BCUT2D eigenvalue weighted by Gasteiger charge is 2.34. The van der Waals surface area contributed by atoms with E-state index in [1.165, 1.54) is 19.3 Å². The summed E-state index contributed by atoms with van der Waals surface area (Å²) in [5.74, 6) is 0. The molecule has 0 aromatic heterocycles. The largest absolute Gasteiger partial charge is 0.313 e. The standard InChI is InChI=1S/C11H22N2O2S/c1-9(8-12-10-6-7-10)16(14,15)13(2)11-4-3-5-11/h9-12H,3-8H2,1-2H3. The highest BCUT2D eigenvalue weighted by Crippen LogP contribution is 2.27. The second kappa shape index (κ2) is 4.63. The van der Waals surface area contributed by atoms with Crippen molar-refractivity contribution in [2.24, 2.45) is 0 Å². The first-order chi connectivity index (χ1) is 7.51. The minimum Gasteiger partial charge on any atom is -0.313 e. The van der Waals surface area contributed by atoms with Crippen LogP contribution >= 0.6 is 0 Å². The molecule has 16 heavy (non-hydrogen) atoms. The second-order valence-corrected chi connectivity index (χ2v) is 7.55. The molecule has 0 saturated heterocycles. The number of nitrogens with one attached hydrogen (secondary N) is 1. The van der Waals surface area contributed by atoms with E-state index in [2.05, 4.69) is 5.32 Å². The predicted octanol–water partition coefficient (Wildman–Crippen LogP) is 0.941. The van der Waals surface area contributed by atoms with E-state index >= 15 is 0 Å². The Morgan fingerprint density at radius 2 is 1.94 bits per heavy atom. The summed E-state index contributed by atoms with van der Waals surface area (Å²) in [6.07, 6.45) is 5.62. The lowest BCUT2D eigenvalue weighted by molar-refractivity contribution is 0.247. The van der Waals surface area contributed by atoms with Gasteiger partial charge in [-0.05, 0) is 32.6 Å². The molecular formula is C11H22N2O2S. The SMILES string of the molecule is CC(CNC1CC1)S(=O)(=O)N(C)C1CCC1. The van der Waals surface area contributed by atoms with Crippen molar-refractivity contribution in [2.45, 2.75) is 56.4 Å². The molecule has 0 amide bonds. The third-order valence-electron chi connectivity index (χ3n) is 3.77. The van der Waals surface area contributed by atoms with Crippen molar-refractivity contribution in [1.82, 2.24) is 9.62 Å². The van der Waals surface area contributed by atoms with Gasteiger partial charge in [0.15, 0.2) is 0 Å². The van der Waals surface area contributed by atoms with Gasteiger partial charge in [-0.15, -0.1) is 0 Å². The number of hydrogen-bond acceptors (Lipinski definition) is 3. The van der Waals surface area contributed by atoms with Crippen LogP contribution in [0, 0.1) is 0 Å². The quantitative estimate of drug-likeness (QED) is 0.759. The number of rotatable bonds is 6. The molecule has 1 unspecified atom stereocenters. The molecule has 0 aliphatic heterocycles. The van der Waals surface area contributed by atoms with Gasteiger partial charge in [0.1, 0.15) is 0 Å². The van der Waals surface area contributed by atoms with Crippen molar-refractivity contribution < 1.29 is 8.42 Å². The van der Waals surface area contributed by atoms with Gasteiger partial charge < -0.3 is 5.32 Å². The smallest absolute Gasteiger partial charge is 0.217 e. The Bertz CT molecular complexity index is 334. The Labute approximate surface area is 98.4 Å². The Morgan fingerprint density at radius 1 is 1.31 bits per heavy atom. The molecule has 0 aromatic carbocycles. The molecule has 0 spiro atoms. The Balaban J connectivity index is 1.87. The van der Waals surface area contributed by atoms with Gasteiger partial charge in [-0.1, -0.05) is 6.42 Å². The van der Waals surface area contributed by atoms with Crippen molar-refractivity contribution in [3.8, 4) is 0 Å². The van der Waals surface area contributed by atoms with E-state index < -0.39 is 10.0 Å². The third kappa shape index (κ3) is 2.57. The van der Waals surface area contributed by atoms with Crippen LogP contribution in [0.15, 0.2) is 0 Å². The molecule has 2 aliphatic carbocycles. The maximum atomic E-state index is 12.2. The van der Waals surface area contributed by atoms with E-state index in [1.54, 1.807) is 18.3 Å². The van der Waals surface area contributed by atoms with Crippen molar-refractivity contribution >= 4 is 10.0 Å². The first-order valence-electron chi connectivity index (χ1n) is 6.22. The molecular weight excluding hydrogens is 224 g/mol. The Hall–Kier alpha value is -0.130. The van der Waals surface area contributed by atoms with Crippen molar-refractivity contribution in [3.05, 3.63) is 0 Å². The average molecular weight is 246 g/mol. The fraction of sp³-hybridized carbons (Fsp3) is 1.00. The molecule has 2 saturated carbocycles. The molecule has 0 bridgehead atoms. The van der Waals surface area contributed by atoms with Crippen molar-refractivity contribution in [2.75, 3.05) is 13.6 Å². The zero-order chi connectivity index (χ0) is 11.8. The lowest BCUT2D eigenvalue weighted by Gasteiger charge is -2.35. The first-order valence-corrected chi connectivity index (χ1v) is 7.72. The van der Waals surface area contributed by atoms with Gasteiger partial charge >= 0.3 is 0 Å². The molecule has 0 heterocycles. The zero-order valence-corrected chi connectivity index (χ0v) is 11.0. The van der Waals surface area contributed by atoms with Gasteiger partial charge in [-0.25, -0.2) is 12.7 Å². The van der Waals surface area contributed by atoms with Gasteiger partial charge in [0.2, 0.25) is 10.0 Å². The summed E-state index contributed by atoms with van der Waals surface area (Å²) in [6.45, 7) is 2.39. The van der Waals surface area contributed by atoms with Gasteiger partial charge in [-0.2, -0.15) is 0 Å². The van der Waals surface area contributed by atoms with E-state index in [4.69, 9.17) is 0 Å². The van der Waals surface area contributed by atoms with Gasteiger partial charge in [0, 0.05) is 25.7 Å². The van der Waals surface area contributed by atoms with Gasteiger partial charge in [-0.3, -0.25) is 0 Å². The summed E-state index contributed by atoms with van der Waals surface area (Å²) in [7, 11) is -1.37. The van der Waals surface area contributed by atoms with Crippen LogP contribution < -0.4 is 5.32 Å². The minimum atomic E-state index is -3.10. The molecule has 94 valence electrons. The van der Waals surface area contributed by atoms with Crippen LogP contribution in [-0.2, 0) is 10.0 Å². The molecule has 5 heteroatoms. The van der Waals surface area contributed by atoms with Crippen LogP contribution in [0.25, 0.3) is 0 Å². The Morgan fingerprint density at radius 3 is 2.38 bits per heavy atom. The highest BCUT2D eigenvalue weighted by atomic mass is 32.2. The summed E-state index contributed by atoms with van der Waals surface area (Å²) in [4.78, 5) is 0. The summed E-state index contributed by atoms with van der Waals surface area (Å²) in [5, 5.41) is 2.98. The maximum absolute atomic E-state index is 12.2. The van der Waals surface area contributed by atoms with E-state index in [1.807, 2.05) is 0 Å². The van der Waals surface area contributed by atoms with E-state index in [9.17, 15) is 8.42 Å². The molecule has 2 fully saturated rings. The molecule has 1 N–H and O–H groups in total. The van der Waals surface area contributed by atoms with Crippen LogP contribution in [0.4, 0.5) is 0 Å². The molecule has 4 nitrogen and oxygen atoms in total.